The first-order chi connectivity index (χ1) is 24.5. The Kier molecular flexibility index (Phi) is 13.7. The Bertz CT molecular complexity index is 2230. The molecular weight excluding hydrogens is 712 g/mol. The van der Waals surface area contributed by atoms with E-state index in [9.17, 15) is 16.8 Å². The zero-order chi connectivity index (χ0) is 36.7. The summed E-state index contributed by atoms with van der Waals surface area (Å²) in [5, 5.41) is 9.54. The van der Waals surface area contributed by atoms with Gasteiger partial charge in [-0.1, -0.05) is 37.6 Å². The summed E-state index contributed by atoms with van der Waals surface area (Å²) in [7, 11) is -6.47. The number of hydrogen-bond acceptors (Lipinski definition) is 14. The quantitative estimate of drug-likeness (QED) is 0.111. The van der Waals surface area contributed by atoms with Gasteiger partial charge in [0, 0.05) is 59.7 Å². The number of halogens is 1. The second-order valence-corrected chi connectivity index (χ2v) is 15.2. The SMILES string of the molecule is CCS(=O)(=O)c1cccc(Nc2cc(Cl)ncn2)c1.CCS(=O)(=O)c1cccc(Nc2cc(Nc3ccncc3)ncn2)c1.Nc1ccncc1. The summed E-state index contributed by atoms with van der Waals surface area (Å²) in [5.41, 5.74) is 8.20. The number of nitrogens with one attached hydrogen (secondary N) is 3. The van der Waals surface area contributed by atoms with Crippen molar-refractivity contribution in [3.8, 4) is 0 Å². The van der Waals surface area contributed by atoms with Crippen molar-refractivity contribution in [1.29, 1.82) is 0 Å². The number of sulfone groups is 2. The van der Waals surface area contributed by atoms with Gasteiger partial charge in [0.2, 0.25) is 0 Å². The van der Waals surface area contributed by atoms with Crippen LogP contribution >= 0.6 is 11.6 Å². The summed E-state index contributed by atoms with van der Waals surface area (Å²) < 4.78 is 47.6. The lowest BCUT2D eigenvalue weighted by Gasteiger charge is -2.09. The van der Waals surface area contributed by atoms with E-state index in [4.69, 9.17) is 17.3 Å². The van der Waals surface area contributed by atoms with Gasteiger partial charge >= 0.3 is 0 Å². The first-order valence-corrected chi connectivity index (χ1v) is 19.0. The molecule has 0 fully saturated rings. The zero-order valence-electron chi connectivity index (χ0n) is 27.5. The highest BCUT2D eigenvalue weighted by Crippen LogP contribution is 2.23. The Morgan fingerprint density at radius 3 is 1.43 bits per heavy atom. The monoisotopic (exact) mass is 746 g/mol. The molecule has 0 aliphatic rings. The number of rotatable bonds is 10. The zero-order valence-corrected chi connectivity index (χ0v) is 29.9. The predicted octanol–water partition coefficient (Wildman–Crippen LogP) is 6.48. The molecule has 0 bridgehead atoms. The highest BCUT2D eigenvalue weighted by molar-refractivity contribution is 7.91. The molecule has 4 heterocycles. The van der Waals surface area contributed by atoms with Crippen LogP contribution in [-0.4, -0.2) is 58.2 Å². The van der Waals surface area contributed by atoms with Gasteiger partial charge in [-0.3, -0.25) is 9.97 Å². The highest BCUT2D eigenvalue weighted by atomic mass is 35.5. The van der Waals surface area contributed by atoms with Crippen LogP contribution in [-0.2, 0) is 19.7 Å². The summed E-state index contributed by atoms with van der Waals surface area (Å²) in [4.78, 5) is 24.4. The molecule has 0 saturated heterocycles. The number of nitrogen functional groups attached to an aromatic ring is 1. The molecule has 0 spiro atoms. The minimum Gasteiger partial charge on any atom is -0.399 e. The Balaban J connectivity index is 0.000000197. The minimum absolute atomic E-state index is 0.0595. The Morgan fingerprint density at radius 1 is 0.569 bits per heavy atom. The van der Waals surface area contributed by atoms with Crippen molar-refractivity contribution < 1.29 is 16.8 Å². The molecule has 0 aliphatic heterocycles. The first kappa shape index (κ1) is 38.1. The fourth-order valence-corrected chi connectivity index (χ4v) is 6.00. The number of benzene rings is 2. The van der Waals surface area contributed by atoms with Crippen molar-refractivity contribution in [2.75, 3.05) is 33.2 Å². The first-order valence-electron chi connectivity index (χ1n) is 15.3. The third-order valence-corrected chi connectivity index (χ3v) is 10.3. The molecule has 14 nitrogen and oxygen atoms in total. The third kappa shape index (κ3) is 12.3. The van der Waals surface area contributed by atoms with Gasteiger partial charge in [-0.2, -0.15) is 0 Å². The standard InChI is InChI=1S/C17H17N5O2S.C12H12ClN3O2S.C5H6N2/c1-2-25(23,24)15-5-3-4-14(10-15)22-17-11-16(19-12-20-17)21-13-6-8-18-9-7-13;1-2-19(17,18)10-5-3-4-9(6-10)16-12-7-11(13)14-8-15-12;6-5-1-3-7-4-2-5/h3-12H,2H2,1H3,(H2,18,19,20,21,22);3-8H,2H2,1H3,(H,14,15,16);1-4H,(H2,6,7). The van der Waals surface area contributed by atoms with Crippen LogP contribution in [0, 0.1) is 0 Å². The average Bonchev–Trinajstić information content (AvgIpc) is 3.13. The second kappa shape index (κ2) is 18.3. The van der Waals surface area contributed by atoms with E-state index < -0.39 is 19.7 Å². The van der Waals surface area contributed by atoms with Gasteiger partial charge in [-0.05, 0) is 60.7 Å². The molecule has 0 aliphatic carbocycles. The van der Waals surface area contributed by atoms with Crippen LogP contribution in [0.2, 0.25) is 5.15 Å². The fraction of sp³-hybridized carbons (Fsp3) is 0.118. The summed E-state index contributed by atoms with van der Waals surface area (Å²) >= 11 is 5.75. The molecule has 0 radical (unpaired) electrons. The van der Waals surface area contributed by atoms with Crippen molar-refractivity contribution in [3.05, 3.63) is 128 Å². The van der Waals surface area contributed by atoms with Crippen LogP contribution in [0.1, 0.15) is 13.8 Å². The van der Waals surface area contributed by atoms with Crippen LogP contribution in [0.3, 0.4) is 0 Å². The van der Waals surface area contributed by atoms with Gasteiger partial charge < -0.3 is 21.7 Å². The number of nitrogens with two attached hydrogens (primary N) is 1. The second-order valence-electron chi connectivity index (χ2n) is 10.3. The molecule has 0 amide bonds. The molecule has 5 N–H and O–H groups in total. The van der Waals surface area contributed by atoms with E-state index in [1.54, 1.807) is 111 Å². The van der Waals surface area contributed by atoms with Crippen molar-refractivity contribution in [2.45, 2.75) is 23.6 Å². The van der Waals surface area contributed by atoms with Crippen molar-refractivity contribution >= 4 is 71.5 Å². The van der Waals surface area contributed by atoms with Crippen LogP contribution < -0.4 is 21.7 Å². The van der Waals surface area contributed by atoms with Crippen LogP contribution in [0.5, 0.6) is 0 Å². The Hall–Kier alpha value is -5.71. The molecule has 51 heavy (non-hydrogen) atoms. The third-order valence-electron chi connectivity index (χ3n) is 6.65. The lowest BCUT2D eigenvalue weighted by atomic mass is 10.3. The lowest BCUT2D eigenvalue weighted by Crippen LogP contribution is -2.04. The summed E-state index contributed by atoms with van der Waals surface area (Å²) in [6.45, 7) is 3.23. The van der Waals surface area contributed by atoms with E-state index in [2.05, 4.69) is 45.9 Å². The number of anilines is 7. The molecule has 0 atom stereocenters. The molecule has 2 aromatic carbocycles. The lowest BCUT2D eigenvalue weighted by molar-refractivity contribution is 0.595. The van der Waals surface area contributed by atoms with E-state index in [-0.39, 0.29) is 21.3 Å². The van der Waals surface area contributed by atoms with Gasteiger partial charge in [0.1, 0.15) is 35.3 Å². The molecule has 0 saturated carbocycles. The molecule has 264 valence electrons. The van der Waals surface area contributed by atoms with Gasteiger partial charge in [0.25, 0.3) is 0 Å². The highest BCUT2D eigenvalue weighted by Gasteiger charge is 2.13. The maximum Gasteiger partial charge on any atom is 0.178 e. The topological polar surface area (TPSA) is 208 Å². The summed E-state index contributed by atoms with van der Waals surface area (Å²) in [5.74, 6) is 1.80. The molecule has 6 aromatic rings. The normalized spacial score (nSPS) is 10.8. The molecule has 6 rings (SSSR count). The predicted molar refractivity (Wildman–Crippen MR) is 200 cm³/mol. The number of hydrogen-bond donors (Lipinski definition) is 4. The van der Waals surface area contributed by atoms with E-state index in [0.717, 1.165) is 11.4 Å². The van der Waals surface area contributed by atoms with Gasteiger partial charge in [-0.15, -0.1) is 0 Å². The van der Waals surface area contributed by atoms with E-state index in [0.29, 0.717) is 34.0 Å². The van der Waals surface area contributed by atoms with E-state index in [1.165, 1.54) is 12.7 Å². The minimum atomic E-state index is -3.25. The number of pyridine rings is 2. The van der Waals surface area contributed by atoms with Gasteiger partial charge in [0.15, 0.2) is 19.7 Å². The van der Waals surface area contributed by atoms with E-state index >= 15 is 0 Å². The number of aromatic nitrogens is 6. The molecule has 4 aromatic heterocycles. The average molecular weight is 747 g/mol. The van der Waals surface area contributed by atoms with Gasteiger partial charge in [0.05, 0.1) is 21.3 Å². The maximum absolute atomic E-state index is 12.0. The Morgan fingerprint density at radius 2 is 1.00 bits per heavy atom. The van der Waals surface area contributed by atoms with E-state index in [1.807, 2.05) is 12.1 Å². The summed E-state index contributed by atoms with van der Waals surface area (Å²) in [6, 6.07) is 23.7. The molecular formula is C34H35ClN10O4S2. The molecule has 0 unspecified atom stereocenters. The van der Waals surface area contributed by atoms with Crippen LogP contribution in [0.4, 0.5) is 40.2 Å². The smallest absolute Gasteiger partial charge is 0.178 e. The van der Waals surface area contributed by atoms with Crippen LogP contribution in [0.15, 0.2) is 132 Å². The Labute approximate surface area is 301 Å². The largest absolute Gasteiger partial charge is 0.399 e. The molecule has 17 heteroatoms. The van der Waals surface area contributed by atoms with Gasteiger partial charge in [-0.25, -0.2) is 36.8 Å². The fourth-order valence-electron chi connectivity index (χ4n) is 4.01. The van der Waals surface area contributed by atoms with Crippen LogP contribution in [0.25, 0.3) is 0 Å². The maximum atomic E-state index is 12.0. The van der Waals surface area contributed by atoms with Crippen molar-refractivity contribution in [3.63, 3.8) is 0 Å². The van der Waals surface area contributed by atoms with Crippen molar-refractivity contribution in [1.82, 2.24) is 29.9 Å². The number of nitrogens with zero attached hydrogens (tertiary/aromatic N) is 6. The van der Waals surface area contributed by atoms with Crippen molar-refractivity contribution in [2.24, 2.45) is 0 Å². The summed E-state index contributed by atoms with van der Waals surface area (Å²) in [6.07, 6.45) is 9.45.